The third kappa shape index (κ3) is 4.55. The van der Waals surface area contributed by atoms with Gasteiger partial charge in [-0.05, 0) is 57.1 Å². The molecule has 9 nitrogen and oxygen atoms in total. The minimum Gasteiger partial charge on any atom is -0.408 e. The number of aromatic amines is 1. The number of oxazole rings is 1. The number of hydrogen-bond donors (Lipinski definition) is 2. The molecule has 0 fully saturated rings. The largest absolute Gasteiger partial charge is 0.419 e. The number of H-pyrrole nitrogens is 1. The van der Waals surface area contributed by atoms with E-state index in [2.05, 4.69) is 15.3 Å². The average molecular weight is 500 g/mol. The number of thioether (sulfide) groups is 1. The van der Waals surface area contributed by atoms with Crippen molar-refractivity contribution >= 4 is 56.0 Å². The first-order chi connectivity index (χ1) is 16.4. The summed E-state index contributed by atoms with van der Waals surface area (Å²) < 4.78 is 6.87. The maximum absolute atomic E-state index is 12.6. The van der Waals surface area contributed by atoms with Crippen molar-refractivity contribution in [2.24, 2.45) is 0 Å². The Bertz CT molecular complexity index is 1500. The molecule has 1 aliphatic rings. The first-order valence-electron chi connectivity index (χ1n) is 11.1. The number of nitrogens with one attached hydrogen (secondary N) is 2. The maximum atomic E-state index is 12.6. The van der Waals surface area contributed by atoms with E-state index in [0.29, 0.717) is 41.5 Å². The van der Waals surface area contributed by atoms with Crippen LogP contribution in [0.25, 0.3) is 21.3 Å². The molecule has 4 aromatic rings. The molecule has 3 heterocycles. The lowest BCUT2D eigenvalue weighted by Gasteiger charge is -2.10. The van der Waals surface area contributed by atoms with Crippen LogP contribution in [-0.4, -0.2) is 51.7 Å². The lowest BCUT2D eigenvalue weighted by atomic mass is 10.2. The van der Waals surface area contributed by atoms with Crippen LogP contribution in [0.15, 0.2) is 32.2 Å². The quantitative estimate of drug-likeness (QED) is 0.383. The molecule has 178 valence electrons. The van der Waals surface area contributed by atoms with E-state index < -0.39 is 5.76 Å². The normalized spacial score (nSPS) is 13.3. The van der Waals surface area contributed by atoms with Crippen LogP contribution in [0.5, 0.6) is 0 Å². The minimum atomic E-state index is -0.412. The molecule has 1 aliphatic carbocycles. The summed E-state index contributed by atoms with van der Waals surface area (Å²) >= 11 is 3.00. The van der Waals surface area contributed by atoms with Crippen LogP contribution in [0.4, 0.5) is 5.69 Å². The number of thiophene rings is 1. The number of amides is 1. The number of carbonyl (C=O) groups is 1. The average Bonchev–Trinajstić information content (AvgIpc) is 3.44. The Labute approximate surface area is 203 Å². The second-order valence-electron chi connectivity index (χ2n) is 8.60. The molecular weight excluding hydrogens is 474 g/mol. The molecule has 0 saturated carbocycles. The van der Waals surface area contributed by atoms with Gasteiger partial charge in [-0.25, -0.2) is 9.78 Å². The summed E-state index contributed by atoms with van der Waals surface area (Å²) in [5.74, 6) is 0.643. The summed E-state index contributed by atoms with van der Waals surface area (Å²) in [4.78, 5) is 48.8. The monoisotopic (exact) mass is 499 g/mol. The van der Waals surface area contributed by atoms with E-state index in [9.17, 15) is 14.4 Å². The molecule has 2 N–H and O–H groups in total. The lowest BCUT2D eigenvalue weighted by molar-refractivity contribution is -0.113. The number of likely N-dealkylation sites (N-methyl/N-ethyl adjacent to an activating group) is 1. The van der Waals surface area contributed by atoms with E-state index in [0.717, 1.165) is 35.0 Å². The van der Waals surface area contributed by atoms with Gasteiger partial charge in [-0.1, -0.05) is 0 Å². The molecule has 0 radical (unpaired) electrons. The van der Waals surface area contributed by atoms with Crippen molar-refractivity contribution in [2.75, 3.05) is 31.7 Å². The highest BCUT2D eigenvalue weighted by atomic mass is 32.2. The number of nitrogens with zero attached hydrogens (tertiary/aromatic N) is 3. The summed E-state index contributed by atoms with van der Waals surface area (Å²) in [7, 11) is 3.87. The number of rotatable bonds is 8. The third-order valence-corrected chi connectivity index (χ3v) is 7.95. The molecule has 0 saturated heterocycles. The van der Waals surface area contributed by atoms with Crippen molar-refractivity contribution in [3.8, 4) is 0 Å². The number of benzene rings is 1. The molecule has 1 aromatic carbocycles. The zero-order valence-electron chi connectivity index (χ0n) is 19.0. The number of anilines is 1. The van der Waals surface area contributed by atoms with E-state index in [1.165, 1.54) is 16.6 Å². The highest BCUT2D eigenvalue weighted by Crippen LogP contribution is 2.34. The smallest absolute Gasteiger partial charge is 0.408 e. The third-order valence-electron chi connectivity index (χ3n) is 5.82. The van der Waals surface area contributed by atoms with Crippen molar-refractivity contribution in [3.05, 3.63) is 55.4 Å². The van der Waals surface area contributed by atoms with Crippen molar-refractivity contribution in [1.29, 1.82) is 0 Å². The number of hydrogen-bond acceptors (Lipinski definition) is 8. The number of aromatic nitrogens is 3. The minimum absolute atomic E-state index is 0.0850. The Balaban J connectivity index is 1.22. The van der Waals surface area contributed by atoms with Gasteiger partial charge in [0.1, 0.15) is 10.7 Å². The summed E-state index contributed by atoms with van der Waals surface area (Å²) in [6.07, 6.45) is 3.08. The van der Waals surface area contributed by atoms with Gasteiger partial charge >= 0.3 is 5.76 Å². The Morgan fingerprint density at radius 3 is 3.00 bits per heavy atom. The Morgan fingerprint density at radius 2 is 2.18 bits per heavy atom. The van der Waals surface area contributed by atoms with Crippen LogP contribution < -0.4 is 16.6 Å². The molecule has 5 rings (SSSR count). The van der Waals surface area contributed by atoms with Gasteiger partial charge in [0.15, 0.2) is 5.58 Å². The Hall–Kier alpha value is -2.89. The van der Waals surface area contributed by atoms with Gasteiger partial charge in [0.05, 0.1) is 22.4 Å². The fraction of sp³-hybridized carbons (Fsp3) is 0.391. The van der Waals surface area contributed by atoms with Crippen molar-refractivity contribution < 1.29 is 9.21 Å². The van der Waals surface area contributed by atoms with Crippen LogP contribution in [0.2, 0.25) is 0 Å². The van der Waals surface area contributed by atoms with Crippen LogP contribution in [0.1, 0.15) is 22.7 Å². The highest BCUT2D eigenvalue weighted by Gasteiger charge is 2.21. The van der Waals surface area contributed by atoms with Gasteiger partial charge in [-0.2, -0.15) is 0 Å². The summed E-state index contributed by atoms with van der Waals surface area (Å²) in [6.45, 7) is 1.19. The number of carbonyl (C=O) groups excluding carboxylic acids is 1. The molecule has 0 spiro atoms. The van der Waals surface area contributed by atoms with Crippen molar-refractivity contribution in [2.45, 2.75) is 31.6 Å². The predicted octanol–water partition coefficient (Wildman–Crippen LogP) is 2.81. The number of fused-ring (bicyclic) bond motifs is 4. The molecule has 0 aliphatic heterocycles. The van der Waals surface area contributed by atoms with Gasteiger partial charge in [0.25, 0.3) is 5.56 Å². The summed E-state index contributed by atoms with van der Waals surface area (Å²) in [6, 6.07) is 5.16. The molecule has 0 atom stereocenters. The lowest BCUT2D eigenvalue weighted by Crippen LogP contribution is -2.23. The first kappa shape index (κ1) is 22.9. The number of aryl methyl sites for hydroxylation is 2. The Kier molecular flexibility index (Phi) is 6.32. The molecule has 34 heavy (non-hydrogen) atoms. The molecular formula is C23H25N5O4S2. The van der Waals surface area contributed by atoms with Gasteiger partial charge in [0.2, 0.25) is 5.91 Å². The van der Waals surface area contributed by atoms with Crippen LogP contribution in [-0.2, 0) is 29.9 Å². The Morgan fingerprint density at radius 1 is 1.32 bits per heavy atom. The van der Waals surface area contributed by atoms with E-state index in [1.54, 1.807) is 34.1 Å². The maximum Gasteiger partial charge on any atom is 0.419 e. The van der Waals surface area contributed by atoms with E-state index in [1.807, 2.05) is 19.0 Å². The highest BCUT2D eigenvalue weighted by molar-refractivity contribution is 7.99. The van der Waals surface area contributed by atoms with Crippen LogP contribution >= 0.6 is 23.1 Å². The van der Waals surface area contributed by atoms with E-state index in [4.69, 9.17) is 4.42 Å². The van der Waals surface area contributed by atoms with Crippen LogP contribution in [0.3, 0.4) is 0 Å². The van der Waals surface area contributed by atoms with E-state index in [-0.39, 0.29) is 17.2 Å². The topological polar surface area (TPSA) is 113 Å². The fourth-order valence-electron chi connectivity index (χ4n) is 4.20. The zero-order chi connectivity index (χ0) is 23.8. The molecule has 3 aromatic heterocycles. The van der Waals surface area contributed by atoms with Gasteiger partial charge in [0, 0.05) is 23.7 Å². The van der Waals surface area contributed by atoms with Crippen molar-refractivity contribution in [1.82, 2.24) is 19.4 Å². The van der Waals surface area contributed by atoms with Crippen molar-refractivity contribution in [3.63, 3.8) is 0 Å². The van der Waals surface area contributed by atoms with Gasteiger partial charge < -0.3 is 19.6 Å². The second-order valence-corrected chi connectivity index (χ2v) is 10.7. The molecule has 0 bridgehead atoms. The van der Waals surface area contributed by atoms with Gasteiger partial charge in [-0.3, -0.25) is 14.2 Å². The SMILES string of the molecule is CN(C)CCn1c(=O)oc2ccc(NC(=O)CSCc3nc4sc5c(c4c(=O)[nH]3)CCC5)cc21. The first-order valence-corrected chi connectivity index (χ1v) is 13.1. The van der Waals surface area contributed by atoms with Gasteiger partial charge in [-0.15, -0.1) is 23.1 Å². The molecule has 11 heteroatoms. The molecule has 1 amide bonds. The van der Waals surface area contributed by atoms with Crippen LogP contribution in [0, 0.1) is 0 Å². The summed E-state index contributed by atoms with van der Waals surface area (Å²) in [5, 5.41) is 3.61. The molecule has 0 unspecified atom stereocenters. The zero-order valence-corrected chi connectivity index (χ0v) is 20.6. The standard InChI is InChI=1S/C23H25N5O4S2/c1-27(2)8-9-28-15-10-13(6-7-16(15)32-23(28)31)24-19(29)12-33-11-18-25-21(30)20-14-4-3-5-17(14)34-22(20)26-18/h6-7,10H,3-5,8-9,11-12H2,1-2H3,(H,24,29)(H,25,26,30). The fourth-order valence-corrected chi connectivity index (χ4v) is 6.17. The predicted molar refractivity (Wildman–Crippen MR) is 136 cm³/mol. The van der Waals surface area contributed by atoms with E-state index >= 15 is 0 Å². The summed E-state index contributed by atoms with van der Waals surface area (Å²) in [5.41, 5.74) is 2.81. The second kappa shape index (κ2) is 9.40.